The number of carbonyl (C=O) groups excluding carboxylic acids is 4. The monoisotopic (exact) mass is 738 g/mol. The average molecular weight is 740 g/mol. The molecule has 13 nitrogen and oxygen atoms in total. The minimum Gasteiger partial charge on any atom is -0.545 e. The largest absolute Gasteiger partial charge is 0.545 e. The van der Waals surface area contributed by atoms with E-state index in [2.05, 4.69) is 41.4 Å². The van der Waals surface area contributed by atoms with Gasteiger partial charge in [0.1, 0.15) is 34.7 Å². The number of ether oxygens (including phenoxy) is 2. The van der Waals surface area contributed by atoms with Crippen molar-refractivity contribution in [3.05, 3.63) is 63.0 Å². The smallest absolute Gasteiger partial charge is 0.342 e. The number of hydrogen-bond acceptors (Lipinski definition) is 9. The van der Waals surface area contributed by atoms with Crippen molar-refractivity contribution in [1.29, 1.82) is 0 Å². The number of benzene rings is 1. The molecule has 1 fully saturated rings. The summed E-state index contributed by atoms with van der Waals surface area (Å²) in [5.41, 5.74) is 2.54. The molecule has 50 heavy (non-hydrogen) atoms. The van der Waals surface area contributed by atoms with Gasteiger partial charge in [-0.2, -0.15) is 0 Å². The molecule has 14 heteroatoms. The SMILES string of the molecule is CC(=O)Nc1[n-]c(/C=C2\N=C(NC(=O)CCCOc3ccc(C(=O)[O-])cc3C(=O)O)C(C(=O)OC3C(C)CC(C)CC3C)=C2C)c(C)c1C.[Zn]. The molecule has 2 heterocycles. The van der Waals surface area contributed by atoms with Crippen molar-refractivity contribution in [3.8, 4) is 5.75 Å². The molecule has 1 aromatic carbocycles. The first-order valence-corrected chi connectivity index (χ1v) is 16.2. The van der Waals surface area contributed by atoms with Crippen LogP contribution in [0.15, 0.2) is 40.0 Å². The number of anilines is 1. The number of nitrogens with zero attached hydrogens (tertiary/aromatic N) is 2. The van der Waals surface area contributed by atoms with Crippen LogP contribution in [0.3, 0.4) is 0 Å². The molecule has 1 aromatic heterocycles. The second kappa shape index (κ2) is 16.9. The Balaban J connectivity index is 0.00000676. The molecule has 2 aromatic rings. The predicted molar refractivity (Wildman–Crippen MR) is 179 cm³/mol. The van der Waals surface area contributed by atoms with Gasteiger partial charge in [0, 0.05) is 25.9 Å². The number of carboxylic acid groups (broad SMARTS) is 2. The minimum atomic E-state index is -1.52. The summed E-state index contributed by atoms with van der Waals surface area (Å²) in [5.74, 6) is -2.97. The topological polar surface area (TPSA) is 198 Å². The number of esters is 1. The minimum absolute atomic E-state index is 0. The van der Waals surface area contributed by atoms with Gasteiger partial charge in [0.05, 0.1) is 18.3 Å². The molecule has 0 saturated heterocycles. The van der Waals surface area contributed by atoms with Gasteiger partial charge in [0.15, 0.2) is 0 Å². The molecular weight excluding hydrogens is 698 g/mol. The van der Waals surface area contributed by atoms with Gasteiger partial charge in [-0.05, 0) is 117 Å². The van der Waals surface area contributed by atoms with Crippen LogP contribution in [-0.2, 0) is 38.6 Å². The summed E-state index contributed by atoms with van der Waals surface area (Å²) < 4.78 is 11.6. The molecule has 2 unspecified atom stereocenters. The summed E-state index contributed by atoms with van der Waals surface area (Å²) in [5, 5.41) is 26.0. The fraction of sp³-hybridized carbons (Fsp3) is 0.444. The molecule has 2 aliphatic rings. The Morgan fingerprint density at radius 3 is 2.30 bits per heavy atom. The van der Waals surface area contributed by atoms with Crippen LogP contribution in [0.5, 0.6) is 5.75 Å². The van der Waals surface area contributed by atoms with E-state index >= 15 is 0 Å². The fourth-order valence-electron chi connectivity index (χ4n) is 6.43. The number of rotatable bonds is 11. The summed E-state index contributed by atoms with van der Waals surface area (Å²) in [6.07, 6.45) is 3.36. The molecule has 264 valence electrons. The van der Waals surface area contributed by atoms with E-state index in [1.807, 2.05) is 13.8 Å². The summed E-state index contributed by atoms with van der Waals surface area (Å²) in [6.45, 7) is 13.1. The standard InChI is InChI=1S/C36H44N4O9.Zn/c1-17-13-18(2)31(19(3)14-17)49-36(47)30-22(6)27(16-26-20(4)21(5)32(38-26)37-23(7)41)39-33(30)40-29(42)9-8-12-48-28-11-10-24(34(43)44)15-25(28)35(45)46;/h10-11,15-19,31H,8-9,12-14H2,1-7H3,(H5,37,38,39,40,41,42,43,44,45,46,47);/p-2. The van der Waals surface area contributed by atoms with Gasteiger partial charge in [-0.15, -0.1) is 0 Å². The van der Waals surface area contributed by atoms with E-state index < -0.39 is 23.8 Å². The number of aromatic carboxylic acids is 2. The first-order valence-electron chi connectivity index (χ1n) is 16.2. The predicted octanol–water partition coefficient (Wildman–Crippen LogP) is 3.94. The van der Waals surface area contributed by atoms with E-state index in [4.69, 9.17) is 9.47 Å². The maximum absolute atomic E-state index is 13.8. The second-order valence-corrected chi connectivity index (χ2v) is 13.0. The number of carboxylic acids is 2. The van der Waals surface area contributed by atoms with Crippen molar-refractivity contribution in [2.75, 3.05) is 11.9 Å². The Kier molecular flexibility index (Phi) is 13.5. The molecule has 4 rings (SSSR count). The van der Waals surface area contributed by atoms with Crippen LogP contribution < -0.4 is 25.5 Å². The van der Waals surface area contributed by atoms with Crippen LogP contribution in [0.25, 0.3) is 6.08 Å². The summed E-state index contributed by atoms with van der Waals surface area (Å²) in [7, 11) is 0. The normalized spacial score (nSPS) is 20.9. The van der Waals surface area contributed by atoms with Crippen LogP contribution in [0, 0.1) is 31.6 Å². The Hall–Kier alpha value is -4.58. The third kappa shape index (κ3) is 9.35. The Morgan fingerprint density at radius 2 is 1.70 bits per heavy atom. The first kappa shape index (κ1) is 39.9. The number of carbonyl (C=O) groups is 5. The first-order chi connectivity index (χ1) is 23.1. The van der Waals surface area contributed by atoms with Gasteiger partial charge < -0.3 is 40.1 Å². The van der Waals surface area contributed by atoms with Crippen LogP contribution in [0.1, 0.15) is 97.8 Å². The van der Waals surface area contributed by atoms with E-state index in [0.29, 0.717) is 28.7 Å². The van der Waals surface area contributed by atoms with Gasteiger partial charge in [-0.25, -0.2) is 14.6 Å². The summed E-state index contributed by atoms with van der Waals surface area (Å²) in [6, 6.07) is 3.34. The molecule has 0 bridgehead atoms. The third-order valence-electron chi connectivity index (χ3n) is 8.96. The van der Waals surface area contributed by atoms with Gasteiger partial charge in [-0.3, -0.25) is 9.59 Å². The van der Waals surface area contributed by atoms with Crippen molar-refractivity contribution >= 4 is 47.5 Å². The van der Waals surface area contributed by atoms with Crippen LogP contribution in [0.4, 0.5) is 5.82 Å². The zero-order valence-electron chi connectivity index (χ0n) is 29.5. The average Bonchev–Trinajstić information content (AvgIpc) is 3.45. The van der Waals surface area contributed by atoms with Crippen LogP contribution >= 0.6 is 0 Å². The number of amides is 2. The zero-order chi connectivity index (χ0) is 36.2. The fourth-order valence-corrected chi connectivity index (χ4v) is 6.43. The van der Waals surface area contributed by atoms with E-state index in [9.17, 15) is 34.2 Å². The third-order valence-corrected chi connectivity index (χ3v) is 8.96. The molecule has 3 N–H and O–H groups in total. The van der Waals surface area contributed by atoms with Crippen molar-refractivity contribution in [2.45, 2.75) is 80.3 Å². The maximum Gasteiger partial charge on any atom is 0.342 e. The van der Waals surface area contributed by atoms with Crippen molar-refractivity contribution in [2.24, 2.45) is 22.7 Å². The van der Waals surface area contributed by atoms with Gasteiger partial charge in [0.2, 0.25) is 5.91 Å². The van der Waals surface area contributed by atoms with E-state index in [1.54, 1.807) is 13.0 Å². The van der Waals surface area contributed by atoms with Crippen molar-refractivity contribution in [1.82, 2.24) is 10.3 Å². The van der Waals surface area contributed by atoms with E-state index in [0.717, 1.165) is 30.0 Å². The molecular formula is C36H42N4O9Zn-2. The number of allylic oxidation sites excluding steroid dienone is 1. The maximum atomic E-state index is 13.8. The van der Waals surface area contributed by atoms with Crippen LogP contribution in [0.2, 0.25) is 0 Å². The number of nitrogens with one attached hydrogen (secondary N) is 2. The molecule has 0 radical (unpaired) electrons. The summed E-state index contributed by atoms with van der Waals surface area (Å²) >= 11 is 0. The van der Waals surface area contributed by atoms with E-state index in [-0.39, 0.29) is 91.1 Å². The van der Waals surface area contributed by atoms with Gasteiger partial charge >= 0.3 is 11.9 Å². The van der Waals surface area contributed by atoms with Gasteiger partial charge in [0.25, 0.3) is 0 Å². The Bertz CT molecular complexity index is 1760. The van der Waals surface area contributed by atoms with Crippen LogP contribution in [-0.4, -0.2) is 53.4 Å². The van der Waals surface area contributed by atoms with E-state index in [1.165, 1.54) is 19.1 Å². The Labute approximate surface area is 303 Å². The number of aliphatic imine (C=N–C) groups is 1. The quantitative estimate of drug-likeness (QED) is 0.172. The number of amidine groups is 1. The molecule has 1 aliphatic carbocycles. The molecule has 1 saturated carbocycles. The Morgan fingerprint density at radius 1 is 1.04 bits per heavy atom. The number of aromatic nitrogens is 1. The molecule has 2 amide bonds. The second-order valence-electron chi connectivity index (χ2n) is 13.0. The van der Waals surface area contributed by atoms with Crippen molar-refractivity contribution in [3.63, 3.8) is 0 Å². The molecule has 0 spiro atoms. The van der Waals surface area contributed by atoms with Crippen molar-refractivity contribution < 1.29 is 63.1 Å². The van der Waals surface area contributed by atoms with Gasteiger partial charge in [-0.1, -0.05) is 26.6 Å². The molecule has 1 aliphatic heterocycles. The number of hydrogen-bond donors (Lipinski definition) is 3. The summed E-state index contributed by atoms with van der Waals surface area (Å²) in [4.78, 5) is 70.5. The molecule has 2 atom stereocenters. The zero-order valence-corrected chi connectivity index (χ0v) is 32.4.